The zero-order valence-corrected chi connectivity index (χ0v) is 13.4. The minimum absolute atomic E-state index is 0.0153. The molecule has 106 valence electrons. The Kier molecular flexibility index (Phi) is 5.38. The van der Waals surface area contributed by atoms with Crippen LogP contribution in [0.1, 0.15) is 39.3 Å². The van der Waals surface area contributed by atoms with Crippen LogP contribution in [0.15, 0.2) is 22.7 Å². The van der Waals surface area contributed by atoms with Crippen molar-refractivity contribution in [1.82, 2.24) is 5.32 Å². The molecular weight excluding hydrogens is 308 g/mol. The van der Waals surface area contributed by atoms with Crippen LogP contribution in [0.5, 0.6) is 5.75 Å². The molecule has 0 radical (unpaired) electrons. The van der Waals surface area contributed by atoms with Crippen LogP contribution in [0.3, 0.4) is 0 Å². The summed E-state index contributed by atoms with van der Waals surface area (Å²) in [4.78, 5) is 11.7. The Labute approximate surface area is 122 Å². The Balaban J connectivity index is 2.70. The highest BCUT2D eigenvalue weighted by Gasteiger charge is 2.15. The topological polar surface area (TPSA) is 64.3 Å². The third kappa shape index (κ3) is 5.61. The van der Waals surface area contributed by atoms with Crippen molar-refractivity contribution in [3.63, 3.8) is 0 Å². The fraction of sp³-hybridized carbons (Fsp3) is 0.500. The van der Waals surface area contributed by atoms with Crippen LogP contribution in [-0.2, 0) is 4.79 Å². The molecule has 5 heteroatoms. The molecule has 0 aliphatic heterocycles. The molecule has 0 bridgehead atoms. The highest BCUT2D eigenvalue weighted by Crippen LogP contribution is 2.27. The van der Waals surface area contributed by atoms with Gasteiger partial charge in [-0.05, 0) is 45.9 Å². The van der Waals surface area contributed by atoms with E-state index in [1.54, 1.807) is 0 Å². The Bertz CT molecular complexity index is 453. The van der Waals surface area contributed by atoms with Gasteiger partial charge in [0.2, 0.25) is 0 Å². The van der Waals surface area contributed by atoms with Crippen LogP contribution in [-0.4, -0.2) is 18.1 Å². The molecule has 1 aromatic rings. The first-order chi connectivity index (χ1) is 8.69. The van der Waals surface area contributed by atoms with Gasteiger partial charge >= 0.3 is 0 Å². The molecule has 0 spiro atoms. The molecule has 0 aliphatic rings. The molecule has 0 aliphatic carbocycles. The predicted molar refractivity (Wildman–Crippen MR) is 80.1 cm³/mol. The lowest BCUT2D eigenvalue weighted by atomic mass is 10.1. The molecule has 1 amide bonds. The van der Waals surface area contributed by atoms with E-state index < -0.39 is 0 Å². The van der Waals surface area contributed by atoms with Gasteiger partial charge in [0.05, 0.1) is 0 Å². The van der Waals surface area contributed by atoms with E-state index in [4.69, 9.17) is 10.5 Å². The van der Waals surface area contributed by atoms with Crippen LogP contribution >= 0.6 is 15.9 Å². The third-order valence-corrected chi connectivity index (χ3v) is 2.83. The smallest absolute Gasteiger partial charge is 0.258 e. The second-order valence-electron chi connectivity index (χ2n) is 5.56. The van der Waals surface area contributed by atoms with E-state index in [-0.39, 0.29) is 24.1 Å². The van der Waals surface area contributed by atoms with Gasteiger partial charge in [-0.2, -0.15) is 0 Å². The number of benzene rings is 1. The quantitative estimate of drug-likeness (QED) is 0.893. The third-order valence-electron chi connectivity index (χ3n) is 2.34. The van der Waals surface area contributed by atoms with Crippen LogP contribution in [0.25, 0.3) is 0 Å². The summed E-state index contributed by atoms with van der Waals surface area (Å²) in [6.45, 7) is 7.65. The van der Waals surface area contributed by atoms with Crippen molar-refractivity contribution in [2.24, 2.45) is 5.73 Å². The lowest BCUT2D eigenvalue weighted by molar-refractivity contribution is -0.124. The molecule has 19 heavy (non-hydrogen) atoms. The van der Waals surface area contributed by atoms with Crippen LogP contribution < -0.4 is 15.8 Å². The minimum atomic E-state index is -0.260. The highest BCUT2D eigenvalue weighted by atomic mass is 79.9. The molecular formula is C14H21BrN2O2. The Morgan fingerprint density at radius 1 is 1.47 bits per heavy atom. The van der Waals surface area contributed by atoms with Crippen molar-refractivity contribution in [2.75, 3.05) is 6.61 Å². The highest BCUT2D eigenvalue weighted by molar-refractivity contribution is 9.10. The zero-order valence-electron chi connectivity index (χ0n) is 11.8. The Morgan fingerprint density at radius 3 is 2.63 bits per heavy atom. The van der Waals surface area contributed by atoms with E-state index in [9.17, 15) is 4.79 Å². The van der Waals surface area contributed by atoms with Gasteiger partial charge in [-0.3, -0.25) is 4.79 Å². The number of nitrogens with two attached hydrogens (primary N) is 1. The second-order valence-corrected chi connectivity index (χ2v) is 6.47. The van der Waals surface area contributed by atoms with Gasteiger partial charge in [-0.1, -0.05) is 15.9 Å². The number of hydrogen-bond acceptors (Lipinski definition) is 3. The number of halogens is 1. The predicted octanol–water partition coefficient (Wildman–Crippen LogP) is 2.76. The van der Waals surface area contributed by atoms with Gasteiger partial charge in [0, 0.05) is 21.6 Å². The van der Waals surface area contributed by atoms with Gasteiger partial charge in [0.1, 0.15) is 5.75 Å². The summed E-state index contributed by atoms with van der Waals surface area (Å²) in [7, 11) is 0. The standard InChI is InChI=1S/C14H21BrN2O2/c1-9(16)11-7-10(15)5-6-12(11)19-8-13(18)17-14(2,3)4/h5-7,9H,8,16H2,1-4H3,(H,17,18). The van der Waals surface area contributed by atoms with Crippen molar-refractivity contribution in [3.8, 4) is 5.75 Å². The largest absolute Gasteiger partial charge is 0.483 e. The van der Waals surface area contributed by atoms with E-state index in [0.29, 0.717) is 5.75 Å². The lowest BCUT2D eigenvalue weighted by Gasteiger charge is -2.21. The summed E-state index contributed by atoms with van der Waals surface area (Å²) in [5.74, 6) is 0.494. The van der Waals surface area contributed by atoms with E-state index in [2.05, 4.69) is 21.2 Å². The first-order valence-electron chi connectivity index (χ1n) is 6.18. The molecule has 4 nitrogen and oxygen atoms in total. The number of hydrogen-bond donors (Lipinski definition) is 2. The number of carbonyl (C=O) groups is 1. The average molecular weight is 329 g/mol. The SMILES string of the molecule is CC(N)c1cc(Br)ccc1OCC(=O)NC(C)(C)C. The summed E-state index contributed by atoms with van der Waals surface area (Å²) < 4.78 is 6.48. The molecule has 1 unspecified atom stereocenters. The lowest BCUT2D eigenvalue weighted by Crippen LogP contribution is -2.43. The maximum Gasteiger partial charge on any atom is 0.258 e. The van der Waals surface area contributed by atoms with Crippen LogP contribution in [0, 0.1) is 0 Å². The van der Waals surface area contributed by atoms with Crippen molar-refractivity contribution < 1.29 is 9.53 Å². The molecule has 0 saturated carbocycles. The molecule has 3 N–H and O–H groups in total. The maximum absolute atomic E-state index is 11.7. The second kappa shape index (κ2) is 6.39. The molecule has 1 atom stereocenters. The monoisotopic (exact) mass is 328 g/mol. The molecule has 0 fully saturated rings. The van der Waals surface area contributed by atoms with Crippen LogP contribution in [0.4, 0.5) is 0 Å². The van der Waals surface area contributed by atoms with E-state index in [1.807, 2.05) is 45.9 Å². The number of nitrogens with one attached hydrogen (secondary N) is 1. The number of ether oxygens (including phenoxy) is 1. The zero-order chi connectivity index (χ0) is 14.6. The number of rotatable bonds is 4. The summed E-state index contributed by atoms with van der Waals surface area (Å²) >= 11 is 3.39. The maximum atomic E-state index is 11.7. The molecule has 0 aromatic heterocycles. The fourth-order valence-electron chi connectivity index (χ4n) is 1.60. The van der Waals surface area contributed by atoms with Crippen molar-refractivity contribution in [3.05, 3.63) is 28.2 Å². The Hall–Kier alpha value is -1.07. The Morgan fingerprint density at radius 2 is 2.11 bits per heavy atom. The van der Waals surface area contributed by atoms with Gasteiger partial charge < -0.3 is 15.8 Å². The van der Waals surface area contributed by atoms with Crippen molar-refractivity contribution in [1.29, 1.82) is 0 Å². The fourth-order valence-corrected chi connectivity index (χ4v) is 1.98. The average Bonchev–Trinajstić information content (AvgIpc) is 2.24. The first kappa shape index (κ1) is 16.0. The van der Waals surface area contributed by atoms with Gasteiger partial charge in [-0.15, -0.1) is 0 Å². The van der Waals surface area contributed by atoms with E-state index >= 15 is 0 Å². The summed E-state index contributed by atoms with van der Waals surface area (Å²) in [6, 6.07) is 5.43. The summed E-state index contributed by atoms with van der Waals surface area (Å²) in [6.07, 6.45) is 0. The van der Waals surface area contributed by atoms with E-state index in [1.165, 1.54) is 0 Å². The molecule has 1 aromatic carbocycles. The van der Waals surface area contributed by atoms with Crippen molar-refractivity contribution in [2.45, 2.75) is 39.3 Å². The van der Waals surface area contributed by atoms with E-state index in [0.717, 1.165) is 10.0 Å². The molecule has 0 saturated heterocycles. The minimum Gasteiger partial charge on any atom is -0.483 e. The van der Waals surface area contributed by atoms with Gasteiger partial charge in [0.15, 0.2) is 6.61 Å². The normalized spacial score (nSPS) is 12.9. The molecule has 1 rings (SSSR count). The summed E-state index contributed by atoms with van der Waals surface area (Å²) in [5, 5.41) is 2.85. The van der Waals surface area contributed by atoms with Crippen molar-refractivity contribution >= 4 is 21.8 Å². The summed E-state index contributed by atoms with van der Waals surface area (Å²) in [5.41, 5.74) is 6.50. The first-order valence-corrected chi connectivity index (χ1v) is 6.97. The van der Waals surface area contributed by atoms with Crippen LogP contribution in [0.2, 0.25) is 0 Å². The van der Waals surface area contributed by atoms with Gasteiger partial charge in [-0.25, -0.2) is 0 Å². The number of carbonyl (C=O) groups excluding carboxylic acids is 1. The van der Waals surface area contributed by atoms with Gasteiger partial charge in [0.25, 0.3) is 5.91 Å². The number of amides is 1. The molecule has 0 heterocycles.